The summed E-state index contributed by atoms with van der Waals surface area (Å²) in [6, 6.07) is 7.23. The molecule has 0 saturated heterocycles. The highest BCUT2D eigenvalue weighted by molar-refractivity contribution is 5.92. The first-order valence-electron chi connectivity index (χ1n) is 6.13. The maximum atomic E-state index is 11.8. The van der Waals surface area contributed by atoms with Gasteiger partial charge >= 0.3 is 12.0 Å². The smallest absolute Gasteiger partial charge is 0.328 e. The predicted molar refractivity (Wildman–Crippen MR) is 74.0 cm³/mol. The number of esters is 1. The molecule has 0 saturated carbocycles. The Morgan fingerprint density at radius 1 is 1.35 bits per heavy atom. The number of hydrogen-bond donors (Lipinski definition) is 2. The van der Waals surface area contributed by atoms with E-state index in [9.17, 15) is 9.59 Å². The number of amides is 2. The molecular weight excluding hydrogens is 258 g/mol. The van der Waals surface area contributed by atoms with Crippen LogP contribution in [0.2, 0.25) is 0 Å². The van der Waals surface area contributed by atoms with Gasteiger partial charge in [0.2, 0.25) is 0 Å². The number of anilines is 1. The van der Waals surface area contributed by atoms with Crippen molar-refractivity contribution in [2.75, 3.05) is 12.4 Å². The van der Waals surface area contributed by atoms with Crippen molar-refractivity contribution in [3.8, 4) is 6.07 Å². The number of nitrogens with one attached hydrogen (secondary N) is 2. The summed E-state index contributed by atoms with van der Waals surface area (Å²) in [6.07, 6.45) is 0. The van der Waals surface area contributed by atoms with Crippen molar-refractivity contribution in [1.82, 2.24) is 5.32 Å². The number of urea groups is 1. The summed E-state index contributed by atoms with van der Waals surface area (Å²) in [5.74, 6) is -0.598. The zero-order valence-electron chi connectivity index (χ0n) is 11.6. The summed E-state index contributed by atoms with van der Waals surface area (Å²) in [6.45, 7) is 3.61. The third-order valence-corrected chi connectivity index (χ3v) is 2.66. The van der Waals surface area contributed by atoms with Crippen molar-refractivity contribution >= 4 is 17.7 Å². The van der Waals surface area contributed by atoms with E-state index < -0.39 is 18.0 Å². The number of nitriles is 1. The molecule has 0 aliphatic heterocycles. The van der Waals surface area contributed by atoms with Crippen LogP contribution >= 0.6 is 0 Å². The van der Waals surface area contributed by atoms with E-state index in [2.05, 4.69) is 15.4 Å². The summed E-state index contributed by atoms with van der Waals surface area (Å²) in [5.41, 5.74) is 0.921. The normalized spacial score (nSPS) is 11.3. The van der Waals surface area contributed by atoms with E-state index in [1.54, 1.807) is 38.1 Å². The Labute approximate surface area is 117 Å². The minimum Gasteiger partial charge on any atom is -0.467 e. The van der Waals surface area contributed by atoms with Gasteiger partial charge in [0.1, 0.15) is 6.04 Å². The second-order valence-corrected chi connectivity index (χ2v) is 4.54. The summed E-state index contributed by atoms with van der Waals surface area (Å²) >= 11 is 0. The molecule has 20 heavy (non-hydrogen) atoms. The number of carbonyl (C=O) groups is 2. The van der Waals surface area contributed by atoms with Gasteiger partial charge in [0.15, 0.2) is 0 Å². The lowest BCUT2D eigenvalue weighted by atomic mass is 10.1. The molecule has 0 aliphatic carbocycles. The van der Waals surface area contributed by atoms with Gasteiger partial charge in [0, 0.05) is 5.69 Å². The van der Waals surface area contributed by atoms with Gasteiger partial charge < -0.3 is 15.4 Å². The Morgan fingerprint density at radius 3 is 2.60 bits per heavy atom. The Bertz CT molecular complexity index is 535. The van der Waals surface area contributed by atoms with E-state index in [4.69, 9.17) is 5.26 Å². The van der Waals surface area contributed by atoms with Crippen molar-refractivity contribution in [1.29, 1.82) is 5.26 Å². The van der Waals surface area contributed by atoms with Gasteiger partial charge in [-0.1, -0.05) is 19.9 Å². The van der Waals surface area contributed by atoms with E-state index in [0.717, 1.165) is 0 Å². The van der Waals surface area contributed by atoms with Gasteiger partial charge in [-0.3, -0.25) is 0 Å². The first-order valence-corrected chi connectivity index (χ1v) is 6.13. The zero-order chi connectivity index (χ0) is 15.1. The standard InChI is InChI=1S/C14H17N3O3/c1-9(2)12(13(18)20-3)17-14(19)16-11-6-4-5-10(7-11)8-15/h4-7,9,12H,1-3H3,(H2,16,17,19). The fourth-order valence-corrected chi connectivity index (χ4v) is 1.60. The van der Waals surface area contributed by atoms with Gasteiger partial charge in [0.25, 0.3) is 0 Å². The molecule has 0 aromatic heterocycles. The number of nitrogens with zero attached hydrogens (tertiary/aromatic N) is 1. The molecule has 1 aromatic carbocycles. The maximum Gasteiger partial charge on any atom is 0.328 e. The second-order valence-electron chi connectivity index (χ2n) is 4.54. The Hall–Kier alpha value is -2.55. The summed E-state index contributed by atoms with van der Waals surface area (Å²) in [4.78, 5) is 23.4. The van der Waals surface area contributed by atoms with Crippen LogP contribution in [0.15, 0.2) is 24.3 Å². The number of carbonyl (C=O) groups excluding carboxylic acids is 2. The molecule has 0 fully saturated rings. The molecule has 6 nitrogen and oxygen atoms in total. The topological polar surface area (TPSA) is 91.2 Å². The first-order chi connectivity index (χ1) is 9.47. The monoisotopic (exact) mass is 275 g/mol. The minimum atomic E-state index is -0.723. The average molecular weight is 275 g/mol. The average Bonchev–Trinajstić information content (AvgIpc) is 2.43. The van der Waals surface area contributed by atoms with Gasteiger partial charge in [0.05, 0.1) is 18.7 Å². The number of rotatable bonds is 4. The largest absolute Gasteiger partial charge is 0.467 e. The maximum absolute atomic E-state index is 11.8. The number of methoxy groups -OCH3 is 1. The molecule has 1 rings (SSSR count). The lowest BCUT2D eigenvalue weighted by Gasteiger charge is -2.20. The van der Waals surface area contributed by atoms with Crippen molar-refractivity contribution < 1.29 is 14.3 Å². The number of benzene rings is 1. The van der Waals surface area contributed by atoms with Crippen LogP contribution in [0.5, 0.6) is 0 Å². The molecule has 106 valence electrons. The molecule has 0 radical (unpaired) electrons. The van der Waals surface area contributed by atoms with Crippen molar-refractivity contribution in [2.45, 2.75) is 19.9 Å². The third-order valence-electron chi connectivity index (χ3n) is 2.66. The van der Waals surface area contributed by atoms with E-state index in [-0.39, 0.29) is 5.92 Å². The van der Waals surface area contributed by atoms with Crippen LogP contribution in [0.3, 0.4) is 0 Å². The van der Waals surface area contributed by atoms with Crippen molar-refractivity contribution in [2.24, 2.45) is 5.92 Å². The molecule has 2 N–H and O–H groups in total. The summed E-state index contributed by atoms with van der Waals surface area (Å²) in [7, 11) is 1.27. The quantitative estimate of drug-likeness (QED) is 0.821. The second kappa shape index (κ2) is 7.14. The van der Waals surface area contributed by atoms with Crippen LogP contribution in [0, 0.1) is 17.2 Å². The molecule has 0 aliphatic rings. The Kier molecular flexibility index (Phi) is 5.54. The van der Waals surface area contributed by atoms with Crippen LogP contribution in [-0.2, 0) is 9.53 Å². The fraction of sp³-hybridized carbons (Fsp3) is 0.357. The van der Waals surface area contributed by atoms with Crippen LogP contribution in [0.25, 0.3) is 0 Å². The predicted octanol–water partition coefficient (Wildman–Crippen LogP) is 1.88. The SMILES string of the molecule is COC(=O)C(NC(=O)Nc1cccc(C#N)c1)C(C)C. The molecule has 0 bridgehead atoms. The molecule has 1 atom stereocenters. The van der Waals surface area contributed by atoms with Crippen LogP contribution < -0.4 is 10.6 Å². The van der Waals surface area contributed by atoms with Crippen LogP contribution in [-0.4, -0.2) is 25.2 Å². The Balaban J connectivity index is 2.71. The highest BCUT2D eigenvalue weighted by Crippen LogP contribution is 2.10. The van der Waals surface area contributed by atoms with E-state index >= 15 is 0 Å². The molecule has 0 spiro atoms. The Morgan fingerprint density at radius 2 is 2.05 bits per heavy atom. The van der Waals surface area contributed by atoms with Crippen LogP contribution in [0.4, 0.5) is 10.5 Å². The van der Waals surface area contributed by atoms with Crippen LogP contribution in [0.1, 0.15) is 19.4 Å². The zero-order valence-corrected chi connectivity index (χ0v) is 11.6. The van der Waals surface area contributed by atoms with E-state index in [0.29, 0.717) is 11.3 Å². The van der Waals surface area contributed by atoms with Crippen molar-refractivity contribution in [3.63, 3.8) is 0 Å². The summed E-state index contributed by atoms with van der Waals surface area (Å²) < 4.78 is 4.64. The lowest BCUT2D eigenvalue weighted by molar-refractivity contribution is -0.143. The van der Waals surface area contributed by atoms with Gasteiger partial charge in [-0.25, -0.2) is 9.59 Å². The fourth-order valence-electron chi connectivity index (χ4n) is 1.60. The molecule has 1 unspecified atom stereocenters. The lowest BCUT2D eigenvalue weighted by Crippen LogP contribution is -2.46. The number of hydrogen-bond acceptors (Lipinski definition) is 4. The van der Waals surface area contributed by atoms with Crippen molar-refractivity contribution in [3.05, 3.63) is 29.8 Å². The highest BCUT2D eigenvalue weighted by atomic mass is 16.5. The van der Waals surface area contributed by atoms with Gasteiger partial charge in [-0.2, -0.15) is 5.26 Å². The molecule has 6 heteroatoms. The van der Waals surface area contributed by atoms with Gasteiger partial charge in [-0.15, -0.1) is 0 Å². The first kappa shape index (κ1) is 15.5. The molecule has 1 aromatic rings. The molecular formula is C14H17N3O3. The van der Waals surface area contributed by atoms with E-state index in [1.165, 1.54) is 7.11 Å². The third kappa shape index (κ3) is 4.28. The van der Waals surface area contributed by atoms with Gasteiger partial charge in [-0.05, 0) is 24.1 Å². The molecule has 2 amide bonds. The highest BCUT2D eigenvalue weighted by Gasteiger charge is 2.24. The number of ether oxygens (including phenoxy) is 1. The summed E-state index contributed by atoms with van der Waals surface area (Å²) in [5, 5.41) is 13.9. The minimum absolute atomic E-state index is 0.0985. The molecule has 0 heterocycles. The van der Waals surface area contributed by atoms with E-state index in [1.807, 2.05) is 6.07 Å².